The highest BCUT2D eigenvalue weighted by atomic mass is 16.9. The van der Waals surface area contributed by atoms with Gasteiger partial charge in [0, 0.05) is 36.9 Å². The molecule has 0 bridgehead atoms. The Kier molecular flexibility index (Phi) is 11.5. The van der Waals surface area contributed by atoms with Crippen LogP contribution in [0.25, 0.3) is 10.9 Å². The lowest BCUT2D eigenvalue weighted by atomic mass is 9.92. The minimum Gasteiger partial charge on any atom is -0.358 e. The molecular weight excluding hydrogens is 374 g/mol. The van der Waals surface area contributed by atoms with Crippen molar-refractivity contribution < 1.29 is 14.2 Å². The van der Waals surface area contributed by atoms with Crippen LogP contribution in [0.5, 0.6) is 0 Å². The number of aryl methyl sites for hydroxylation is 1. The van der Waals surface area contributed by atoms with Gasteiger partial charge in [-0.25, -0.2) is 0 Å². The second-order valence-corrected chi connectivity index (χ2v) is 8.08. The van der Waals surface area contributed by atoms with Crippen molar-refractivity contribution in [2.24, 2.45) is 5.92 Å². The second kappa shape index (κ2) is 13.8. The van der Waals surface area contributed by atoms with Gasteiger partial charge in [-0.3, -0.25) is 0 Å². The maximum atomic E-state index is 6.16. The van der Waals surface area contributed by atoms with E-state index in [2.05, 4.69) is 42.2 Å². The van der Waals surface area contributed by atoms with Crippen molar-refractivity contribution in [3.63, 3.8) is 0 Å². The molecule has 1 N–H and O–H groups in total. The van der Waals surface area contributed by atoms with E-state index in [-0.39, 0.29) is 5.92 Å². The van der Waals surface area contributed by atoms with E-state index in [1.54, 1.807) is 0 Å². The molecule has 1 aromatic carbocycles. The van der Waals surface area contributed by atoms with Crippen LogP contribution in [0.4, 0.5) is 0 Å². The van der Waals surface area contributed by atoms with Crippen LogP contribution < -0.4 is 0 Å². The number of hydrogen-bond donors (Lipinski definition) is 1. The quantitative estimate of drug-likeness (QED) is 0.218. The van der Waals surface area contributed by atoms with Crippen molar-refractivity contribution >= 4 is 10.9 Å². The molecule has 4 nitrogen and oxygen atoms in total. The molecule has 170 valence electrons. The lowest BCUT2D eigenvalue weighted by Crippen LogP contribution is -2.47. The van der Waals surface area contributed by atoms with E-state index in [9.17, 15) is 0 Å². The Hall–Kier alpha value is -1.36. The molecule has 1 atom stereocenters. The monoisotopic (exact) mass is 417 g/mol. The maximum absolute atomic E-state index is 6.16. The minimum absolute atomic E-state index is 0.204. The highest BCUT2D eigenvalue weighted by Crippen LogP contribution is 2.34. The molecule has 1 unspecified atom stereocenters. The summed E-state index contributed by atoms with van der Waals surface area (Å²) in [5, 5.41) is 1.27. The second-order valence-electron chi connectivity index (χ2n) is 8.08. The Bertz CT molecular complexity index is 646. The zero-order valence-corrected chi connectivity index (χ0v) is 19.7. The number of hydrogen-bond acceptors (Lipinski definition) is 3. The number of nitrogens with one attached hydrogen (secondary N) is 1. The molecule has 0 saturated carbocycles. The topological polar surface area (TPSA) is 43.5 Å². The van der Waals surface area contributed by atoms with Gasteiger partial charge in [-0.1, -0.05) is 63.6 Å². The van der Waals surface area contributed by atoms with Gasteiger partial charge in [0.15, 0.2) is 0 Å². The van der Waals surface area contributed by atoms with Crippen LogP contribution in [0.1, 0.15) is 84.8 Å². The first-order chi connectivity index (χ1) is 14.7. The SMILES string of the molecule is CCCCCCCCC(CCc1cc2ccccc2[nH]1)C(OCC)(OCC)OCC. The van der Waals surface area contributed by atoms with Crippen molar-refractivity contribution in [1.29, 1.82) is 0 Å². The summed E-state index contributed by atoms with van der Waals surface area (Å²) in [5.74, 6) is -0.733. The smallest absolute Gasteiger partial charge is 0.285 e. The minimum atomic E-state index is -0.937. The third-order valence-electron chi connectivity index (χ3n) is 5.79. The van der Waals surface area contributed by atoms with Crippen LogP contribution in [0.2, 0.25) is 0 Å². The molecule has 2 rings (SSSR count). The first kappa shape index (κ1) is 24.9. The summed E-state index contributed by atoms with van der Waals surface area (Å²) < 4.78 is 18.5. The highest BCUT2D eigenvalue weighted by molar-refractivity contribution is 5.80. The molecule has 0 saturated heterocycles. The summed E-state index contributed by atoms with van der Waals surface area (Å²) in [6.07, 6.45) is 10.7. The number of aromatic amines is 1. The third kappa shape index (κ3) is 7.40. The fourth-order valence-electron chi connectivity index (χ4n) is 4.35. The number of ether oxygens (including phenoxy) is 3. The third-order valence-corrected chi connectivity index (χ3v) is 5.79. The Morgan fingerprint density at radius 1 is 0.800 bits per heavy atom. The van der Waals surface area contributed by atoms with E-state index in [4.69, 9.17) is 14.2 Å². The predicted molar refractivity (Wildman–Crippen MR) is 126 cm³/mol. The maximum Gasteiger partial charge on any atom is 0.285 e. The van der Waals surface area contributed by atoms with Crippen LogP contribution in [-0.4, -0.2) is 30.8 Å². The summed E-state index contributed by atoms with van der Waals surface area (Å²) in [6.45, 7) is 10.1. The summed E-state index contributed by atoms with van der Waals surface area (Å²) in [4.78, 5) is 3.57. The molecule has 0 radical (unpaired) electrons. The van der Waals surface area contributed by atoms with Crippen LogP contribution in [0.15, 0.2) is 30.3 Å². The van der Waals surface area contributed by atoms with Gasteiger partial charge in [-0.15, -0.1) is 0 Å². The Morgan fingerprint density at radius 3 is 2.07 bits per heavy atom. The number of para-hydroxylation sites is 1. The standard InChI is InChI=1S/C26H43NO3/c1-5-9-10-11-12-13-17-23(26(28-6-2,29-7-3)30-8-4)19-20-24-21-22-16-14-15-18-25(22)27-24/h14-16,18,21,23,27H,5-13,17,19-20H2,1-4H3. The van der Waals surface area contributed by atoms with Crippen LogP contribution in [0, 0.1) is 5.92 Å². The first-order valence-corrected chi connectivity index (χ1v) is 12.2. The average molecular weight is 418 g/mol. The van der Waals surface area contributed by atoms with Crippen LogP contribution >= 0.6 is 0 Å². The highest BCUT2D eigenvalue weighted by Gasteiger charge is 2.41. The lowest BCUT2D eigenvalue weighted by Gasteiger charge is -2.39. The van der Waals surface area contributed by atoms with Crippen molar-refractivity contribution in [2.45, 2.75) is 91.5 Å². The van der Waals surface area contributed by atoms with Gasteiger partial charge >= 0.3 is 0 Å². The Morgan fingerprint density at radius 2 is 1.43 bits per heavy atom. The molecule has 1 heterocycles. The number of H-pyrrole nitrogens is 1. The van der Waals surface area contributed by atoms with Gasteiger partial charge in [0.1, 0.15) is 0 Å². The molecule has 2 aromatic rings. The molecular formula is C26H43NO3. The first-order valence-electron chi connectivity index (χ1n) is 12.2. The van der Waals surface area contributed by atoms with Crippen molar-refractivity contribution in [3.05, 3.63) is 36.0 Å². The number of fused-ring (bicyclic) bond motifs is 1. The number of unbranched alkanes of at least 4 members (excludes halogenated alkanes) is 5. The van der Waals surface area contributed by atoms with Gasteiger partial charge < -0.3 is 19.2 Å². The van der Waals surface area contributed by atoms with Crippen LogP contribution in [0.3, 0.4) is 0 Å². The molecule has 0 fully saturated rings. The number of aromatic nitrogens is 1. The van der Waals surface area contributed by atoms with Gasteiger partial charge in [0.05, 0.1) is 0 Å². The lowest BCUT2D eigenvalue weighted by molar-refractivity contribution is -0.403. The van der Waals surface area contributed by atoms with Crippen molar-refractivity contribution in [3.8, 4) is 0 Å². The van der Waals surface area contributed by atoms with Crippen molar-refractivity contribution in [2.75, 3.05) is 19.8 Å². The molecule has 0 spiro atoms. The summed E-state index contributed by atoms with van der Waals surface area (Å²) in [6, 6.07) is 10.7. The predicted octanol–water partition coefficient (Wildman–Crippen LogP) is 7.23. The van der Waals surface area contributed by atoms with E-state index in [1.807, 2.05) is 20.8 Å². The van der Waals surface area contributed by atoms with E-state index < -0.39 is 5.97 Å². The molecule has 0 aliphatic rings. The fourth-order valence-corrected chi connectivity index (χ4v) is 4.35. The van der Waals surface area contributed by atoms with Crippen LogP contribution in [-0.2, 0) is 20.6 Å². The van der Waals surface area contributed by atoms with E-state index in [0.717, 1.165) is 19.3 Å². The van der Waals surface area contributed by atoms with Gasteiger partial charge in [0.2, 0.25) is 0 Å². The largest absolute Gasteiger partial charge is 0.358 e. The normalized spacial score (nSPS) is 13.2. The Labute approximate surface area is 183 Å². The summed E-state index contributed by atoms with van der Waals surface area (Å²) >= 11 is 0. The summed E-state index contributed by atoms with van der Waals surface area (Å²) in [5.41, 5.74) is 2.47. The van der Waals surface area contributed by atoms with Gasteiger partial charge in [0.25, 0.3) is 5.97 Å². The van der Waals surface area contributed by atoms with E-state index in [1.165, 1.54) is 55.1 Å². The average Bonchev–Trinajstić information content (AvgIpc) is 3.16. The molecule has 30 heavy (non-hydrogen) atoms. The molecule has 0 amide bonds. The Balaban J connectivity index is 2.08. The molecule has 1 aromatic heterocycles. The van der Waals surface area contributed by atoms with Gasteiger partial charge in [-0.05, 0) is 57.6 Å². The zero-order chi connectivity index (χ0) is 21.7. The molecule has 4 heteroatoms. The molecule has 0 aliphatic heterocycles. The molecule has 0 aliphatic carbocycles. The van der Waals surface area contributed by atoms with Crippen molar-refractivity contribution in [1.82, 2.24) is 4.98 Å². The van der Waals surface area contributed by atoms with E-state index in [0.29, 0.717) is 19.8 Å². The van der Waals surface area contributed by atoms with Gasteiger partial charge in [-0.2, -0.15) is 0 Å². The summed E-state index contributed by atoms with van der Waals surface area (Å²) in [7, 11) is 0. The van der Waals surface area contributed by atoms with E-state index >= 15 is 0 Å². The number of benzene rings is 1. The fraction of sp³-hybridized carbons (Fsp3) is 0.692. The zero-order valence-electron chi connectivity index (χ0n) is 19.7. The number of rotatable bonds is 17.